The second-order valence-electron chi connectivity index (χ2n) is 7.73. The first-order valence-corrected chi connectivity index (χ1v) is 10.3. The molecule has 0 spiro atoms. The Labute approximate surface area is 199 Å². The highest BCUT2D eigenvalue weighted by atomic mass is 19.1. The van der Waals surface area contributed by atoms with Crippen LogP contribution in [0.2, 0.25) is 0 Å². The molecule has 0 fully saturated rings. The minimum Gasteiger partial charge on any atom is -0.489 e. The van der Waals surface area contributed by atoms with Crippen LogP contribution in [0, 0.1) is 11.6 Å². The molecule has 35 heavy (non-hydrogen) atoms. The van der Waals surface area contributed by atoms with E-state index in [-0.39, 0.29) is 43.6 Å². The molecule has 5 rings (SSSR count). The van der Waals surface area contributed by atoms with E-state index in [1.165, 1.54) is 11.0 Å². The fraction of sp³-hybridized carbons (Fsp3) is 0.208. The van der Waals surface area contributed by atoms with Crippen molar-refractivity contribution in [2.45, 2.75) is 19.9 Å². The van der Waals surface area contributed by atoms with Crippen LogP contribution in [0.4, 0.5) is 14.5 Å². The maximum atomic E-state index is 13.9. The van der Waals surface area contributed by atoms with Crippen molar-refractivity contribution in [3.05, 3.63) is 77.6 Å². The Balaban J connectivity index is 0.00000289. The molecule has 0 aliphatic carbocycles. The van der Waals surface area contributed by atoms with Crippen molar-refractivity contribution < 1.29 is 23.1 Å². The van der Waals surface area contributed by atoms with Gasteiger partial charge in [0.15, 0.2) is 0 Å². The van der Waals surface area contributed by atoms with Gasteiger partial charge in [0.1, 0.15) is 35.9 Å². The molecule has 3 heterocycles. The van der Waals surface area contributed by atoms with Gasteiger partial charge in [0.25, 0.3) is 11.8 Å². The first-order chi connectivity index (χ1) is 16.4. The molecular formula is C24H22F2N6O3. The lowest BCUT2D eigenvalue weighted by Gasteiger charge is -2.21. The molecule has 2 aromatic carbocycles. The molecule has 2 aromatic heterocycles. The number of nitrogens with one attached hydrogen (secondary N) is 2. The predicted octanol–water partition coefficient (Wildman–Crippen LogP) is 3.01. The van der Waals surface area contributed by atoms with Crippen LogP contribution in [-0.4, -0.2) is 51.7 Å². The minimum atomic E-state index is -1.01. The highest BCUT2D eigenvalue weighted by molar-refractivity contribution is 6.09. The molecule has 0 saturated carbocycles. The molecular weight excluding hydrogens is 458 g/mol. The van der Waals surface area contributed by atoms with Gasteiger partial charge in [0.05, 0.1) is 5.69 Å². The van der Waals surface area contributed by atoms with E-state index in [2.05, 4.69) is 25.5 Å². The number of fused-ring (bicyclic) bond motifs is 3. The Morgan fingerprint density at radius 3 is 2.77 bits per heavy atom. The number of anilines is 1. The quantitative estimate of drug-likeness (QED) is 0.464. The van der Waals surface area contributed by atoms with Crippen molar-refractivity contribution in [1.82, 2.24) is 25.5 Å². The highest BCUT2D eigenvalue weighted by Gasteiger charge is 2.32. The Morgan fingerprint density at radius 1 is 1.23 bits per heavy atom. The van der Waals surface area contributed by atoms with E-state index in [1.807, 2.05) is 6.07 Å². The first-order valence-electron chi connectivity index (χ1n) is 10.3. The molecule has 1 aliphatic rings. The minimum absolute atomic E-state index is 0. The Morgan fingerprint density at radius 2 is 2.00 bits per heavy atom. The summed E-state index contributed by atoms with van der Waals surface area (Å²) in [5, 5.41) is 10.5. The van der Waals surface area contributed by atoms with E-state index in [0.717, 1.165) is 22.9 Å². The van der Waals surface area contributed by atoms with Crippen molar-refractivity contribution in [3.8, 4) is 5.75 Å². The normalized spacial score (nSPS) is 15.1. The number of H-pyrrole nitrogens is 1. The largest absolute Gasteiger partial charge is 0.489 e. The second-order valence-corrected chi connectivity index (χ2v) is 7.73. The van der Waals surface area contributed by atoms with Crippen LogP contribution in [0.3, 0.4) is 0 Å². The number of nitrogens with zero attached hydrogens (tertiary/aromatic N) is 4. The maximum absolute atomic E-state index is 13.9. The van der Waals surface area contributed by atoms with E-state index in [9.17, 15) is 18.4 Å². The summed E-state index contributed by atoms with van der Waals surface area (Å²) in [7, 11) is 1.60. The van der Waals surface area contributed by atoms with Crippen molar-refractivity contribution in [2.75, 3.05) is 18.6 Å². The third-order valence-corrected chi connectivity index (χ3v) is 5.57. The number of amides is 2. The maximum Gasteiger partial charge on any atom is 0.291 e. The molecule has 2 amide bonds. The highest BCUT2D eigenvalue weighted by Crippen LogP contribution is 2.37. The third kappa shape index (κ3) is 4.39. The average molecular weight is 480 g/mol. The number of likely N-dealkylation sites (N-methyl/N-ethyl adjacent to an activating group) is 1. The number of aromatic nitrogens is 4. The van der Waals surface area contributed by atoms with Crippen molar-refractivity contribution >= 4 is 28.3 Å². The fourth-order valence-corrected chi connectivity index (χ4v) is 3.85. The summed E-state index contributed by atoms with van der Waals surface area (Å²) in [6.07, 6.45) is 3.09. The zero-order chi connectivity index (χ0) is 23.8. The topological polar surface area (TPSA) is 113 Å². The van der Waals surface area contributed by atoms with Crippen LogP contribution in [-0.2, 0) is 11.2 Å². The summed E-state index contributed by atoms with van der Waals surface area (Å²) in [6.45, 7) is -0.101. The molecule has 1 aliphatic heterocycles. The molecule has 0 radical (unpaired) electrons. The van der Waals surface area contributed by atoms with Gasteiger partial charge in [-0.25, -0.2) is 13.8 Å². The standard InChI is InChI=1S/C23H18F2N6O3.CH4/c1-31-20-13-7-8-26-10-12(13)5-6-18(20)34-11-17(23(31)33)27-22(32)21-28-19(29-30-21)9-14-15(24)3-2-4-16(14)25;/h2-8,10,17H,9,11H2,1H3,(H,27,32)(H,28,29,30);1H4/t17-;/m0./s1. The van der Waals surface area contributed by atoms with Crippen LogP contribution in [0.25, 0.3) is 10.8 Å². The lowest BCUT2D eigenvalue weighted by Crippen LogP contribution is -2.49. The number of hydrogen-bond acceptors (Lipinski definition) is 6. The van der Waals surface area contributed by atoms with Crippen molar-refractivity contribution in [2.24, 2.45) is 0 Å². The number of rotatable bonds is 4. The van der Waals surface area contributed by atoms with E-state index in [0.29, 0.717) is 11.4 Å². The van der Waals surface area contributed by atoms with Crippen LogP contribution >= 0.6 is 0 Å². The van der Waals surface area contributed by atoms with Crippen LogP contribution in [0.15, 0.2) is 48.8 Å². The number of carbonyl (C=O) groups is 2. The van der Waals surface area contributed by atoms with Gasteiger partial charge < -0.3 is 15.0 Å². The van der Waals surface area contributed by atoms with Crippen molar-refractivity contribution in [3.63, 3.8) is 0 Å². The molecule has 4 aromatic rings. The van der Waals surface area contributed by atoms with Crippen LogP contribution in [0.1, 0.15) is 29.4 Å². The lowest BCUT2D eigenvalue weighted by atomic mass is 10.1. The fourth-order valence-electron chi connectivity index (χ4n) is 3.85. The van der Waals surface area contributed by atoms with Gasteiger partial charge in [0.2, 0.25) is 5.82 Å². The molecule has 11 heteroatoms. The Hall–Kier alpha value is -4.41. The molecule has 2 N–H and O–H groups in total. The number of aromatic amines is 1. The van der Waals surface area contributed by atoms with Gasteiger partial charge in [-0.05, 0) is 30.3 Å². The van der Waals surface area contributed by atoms with Gasteiger partial charge in [-0.1, -0.05) is 13.5 Å². The molecule has 0 bridgehead atoms. The van der Waals surface area contributed by atoms with Crippen molar-refractivity contribution in [1.29, 1.82) is 0 Å². The number of pyridine rings is 1. The number of hydrogen-bond donors (Lipinski definition) is 2. The number of benzene rings is 2. The van der Waals surface area contributed by atoms with Gasteiger partial charge in [-0.2, -0.15) is 0 Å². The summed E-state index contributed by atoms with van der Waals surface area (Å²) in [6, 6.07) is 7.89. The molecule has 0 saturated heterocycles. The van der Waals surface area contributed by atoms with Gasteiger partial charge >= 0.3 is 0 Å². The molecule has 1 atom stereocenters. The summed E-state index contributed by atoms with van der Waals surface area (Å²) < 4.78 is 33.6. The second kappa shape index (κ2) is 9.45. The lowest BCUT2D eigenvalue weighted by molar-refractivity contribution is -0.120. The molecule has 180 valence electrons. The Bertz CT molecular complexity index is 1400. The van der Waals surface area contributed by atoms with E-state index in [4.69, 9.17) is 4.74 Å². The monoisotopic (exact) mass is 480 g/mol. The van der Waals surface area contributed by atoms with Gasteiger partial charge in [-0.15, -0.1) is 5.10 Å². The zero-order valence-electron chi connectivity index (χ0n) is 17.9. The summed E-state index contributed by atoms with van der Waals surface area (Å²) in [5.74, 6) is -2.24. The first kappa shape index (κ1) is 23.7. The third-order valence-electron chi connectivity index (χ3n) is 5.57. The van der Waals surface area contributed by atoms with Crippen LogP contribution in [0.5, 0.6) is 5.75 Å². The molecule has 9 nitrogen and oxygen atoms in total. The average Bonchev–Trinajstić information content (AvgIpc) is 3.27. The van der Waals surface area contributed by atoms with Gasteiger partial charge in [-0.3, -0.25) is 19.7 Å². The number of carbonyl (C=O) groups excluding carboxylic acids is 2. The summed E-state index contributed by atoms with van der Waals surface area (Å²) in [5.41, 5.74) is 0.383. The van der Waals surface area contributed by atoms with E-state index < -0.39 is 23.6 Å². The molecule has 0 unspecified atom stereocenters. The SMILES string of the molecule is C.CN1C(=O)[C@@H](NC(=O)c2n[nH]c(Cc3c(F)cccc3F)n2)COc2ccc3cnccc3c21. The smallest absolute Gasteiger partial charge is 0.291 e. The van der Waals surface area contributed by atoms with Crippen LogP contribution < -0.4 is 15.0 Å². The summed E-state index contributed by atoms with van der Waals surface area (Å²) >= 11 is 0. The van der Waals surface area contributed by atoms with E-state index in [1.54, 1.807) is 31.6 Å². The van der Waals surface area contributed by atoms with E-state index >= 15 is 0 Å². The van der Waals surface area contributed by atoms with Gasteiger partial charge in [0, 0.05) is 42.2 Å². The Kier molecular flexibility index (Phi) is 6.41. The zero-order valence-corrected chi connectivity index (χ0v) is 17.9. The predicted molar refractivity (Wildman–Crippen MR) is 124 cm³/mol. The number of ether oxygens (including phenoxy) is 1. The number of halogens is 2. The summed E-state index contributed by atoms with van der Waals surface area (Å²) in [4.78, 5) is 35.4.